The number of carbonyl (C=O) groups is 1. The van der Waals surface area contributed by atoms with Crippen LogP contribution >= 0.6 is 22.6 Å². The van der Waals surface area contributed by atoms with Crippen LogP contribution in [0.15, 0.2) is 30.9 Å². The highest BCUT2D eigenvalue weighted by Crippen LogP contribution is 2.24. The van der Waals surface area contributed by atoms with E-state index < -0.39 is 10.0 Å². The summed E-state index contributed by atoms with van der Waals surface area (Å²) in [6.07, 6.45) is 4.67. The van der Waals surface area contributed by atoms with Crippen molar-refractivity contribution in [3.05, 3.63) is 47.7 Å². The molecular formula is C18H18F2IN5O3. The summed E-state index contributed by atoms with van der Waals surface area (Å²) in [5, 5.41) is 2.57. The van der Waals surface area contributed by atoms with E-state index in [-0.39, 0.29) is 13.2 Å². The van der Waals surface area contributed by atoms with Gasteiger partial charge in [-0.1, -0.05) is 0 Å². The number of ether oxygens (including phenoxy) is 2. The Labute approximate surface area is 178 Å². The van der Waals surface area contributed by atoms with Gasteiger partial charge in [-0.15, -0.1) is 0 Å². The van der Waals surface area contributed by atoms with E-state index in [4.69, 9.17) is 4.74 Å². The van der Waals surface area contributed by atoms with Gasteiger partial charge in [0.15, 0.2) is 0 Å². The third kappa shape index (κ3) is 5.15. The number of alkyl halides is 3. The zero-order valence-corrected chi connectivity index (χ0v) is 17.8. The molecule has 3 heterocycles. The number of halogens is 3. The fourth-order valence-corrected chi connectivity index (χ4v) is 3.06. The predicted molar refractivity (Wildman–Crippen MR) is 109 cm³/mol. The molecule has 0 fully saturated rings. The normalized spacial score (nSPS) is 11.6. The van der Waals surface area contributed by atoms with Crippen molar-refractivity contribution in [1.82, 2.24) is 24.8 Å². The van der Waals surface area contributed by atoms with Crippen LogP contribution in [0.4, 0.5) is 8.78 Å². The fourth-order valence-electron chi connectivity index (χ4n) is 2.84. The first-order chi connectivity index (χ1) is 13.8. The van der Waals surface area contributed by atoms with Crippen molar-refractivity contribution in [3.8, 4) is 5.88 Å². The number of hydrogen-bond donors (Lipinski definition) is 1. The quantitative estimate of drug-likeness (QED) is 0.281. The average Bonchev–Trinajstić information content (AvgIpc) is 3.05. The van der Waals surface area contributed by atoms with Crippen molar-refractivity contribution in [3.63, 3.8) is 0 Å². The summed E-state index contributed by atoms with van der Waals surface area (Å²) in [7, 11) is 1.54. The van der Waals surface area contributed by atoms with E-state index in [2.05, 4.69) is 25.0 Å². The molecule has 0 radical (unpaired) electrons. The Morgan fingerprint density at radius 3 is 2.86 bits per heavy atom. The lowest BCUT2D eigenvalue weighted by Crippen LogP contribution is -2.29. The Hall–Kier alpha value is -2.41. The zero-order chi connectivity index (χ0) is 21.0. The maximum absolute atomic E-state index is 12.7. The monoisotopic (exact) mass is 517 g/mol. The van der Waals surface area contributed by atoms with Gasteiger partial charge in [-0.2, -0.15) is 8.78 Å². The summed E-state index contributed by atoms with van der Waals surface area (Å²) >= 11 is 0.877. The van der Waals surface area contributed by atoms with E-state index in [0.717, 1.165) is 39.4 Å². The maximum atomic E-state index is 12.7. The van der Waals surface area contributed by atoms with E-state index in [9.17, 15) is 13.6 Å². The Morgan fingerprint density at radius 1 is 1.34 bits per heavy atom. The second-order valence-corrected chi connectivity index (χ2v) is 7.30. The lowest BCUT2D eigenvalue weighted by molar-refractivity contribution is -0.144. The van der Waals surface area contributed by atoms with Crippen molar-refractivity contribution < 1.29 is 23.0 Å². The predicted octanol–water partition coefficient (Wildman–Crippen LogP) is 2.92. The topological polar surface area (TPSA) is 91.2 Å². The Morgan fingerprint density at radius 2 is 2.14 bits per heavy atom. The lowest BCUT2D eigenvalue weighted by atomic mass is 10.2. The SMILES string of the molecule is COc1ncnc(Cn2cc(C(=O)NCCOC(F)(F)I)c3ncccc32)c1C. The van der Waals surface area contributed by atoms with Crippen LogP contribution in [-0.4, -0.2) is 49.8 Å². The molecule has 8 nitrogen and oxygen atoms in total. The largest absolute Gasteiger partial charge is 0.481 e. The number of rotatable bonds is 8. The van der Waals surface area contributed by atoms with Crippen molar-refractivity contribution in [2.75, 3.05) is 20.3 Å². The lowest BCUT2D eigenvalue weighted by Gasteiger charge is -2.10. The smallest absolute Gasteiger partial charge is 0.407 e. The van der Waals surface area contributed by atoms with Crippen LogP contribution < -0.4 is 10.1 Å². The molecule has 1 amide bonds. The first kappa shape index (κ1) is 21.3. The molecular weight excluding hydrogens is 499 g/mol. The van der Waals surface area contributed by atoms with Gasteiger partial charge < -0.3 is 19.4 Å². The molecule has 0 saturated carbocycles. The van der Waals surface area contributed by atoms with Crippen LogP contribution in [-0.2, 0) is 11.3 Å². The molecule has 0 aromatic carbocycles. The number of methoxy groups -OCH3 is 1. The number of aromatic nitrogens is 4. The van der Waals surface area contributed by atoms with Gasteiger partial charge in [0.2, 0.25) is 5.88 Å². The third-order valence-corrected chi connectivity index (χ3v) is 4.50. The van der Waals surface area contributed by atoms with Gasteiger partial charge in [-0.05, 0) is 19.1 Å². The summed E-state index contributed by atoms with van der Waals surface area (Å²) in [4.78, 5) is 25.2. The number of carbonyl (C=O) groups excluding carboxylic acids is 1. The molecule has 0 aliphatic carbocycles. The van der Waals surface area contributed by atoms with Crippen molar-refractivity contribution in [2.45, 2.75) is 17.6 Å². The summed E-state index contributed by atoms with van der Waals surface area (Å²) in [5.74, 6) is 0.0550. The van der Waals surface area contributed by atoms with Gasteiger partial charge in [0, 0.05) is 47.1 Å². The minimum Gasteiger partial charge on any atom is -0.481 e. The molecule has 0 spiro atoms. The molecule has 3 aromatic rings. The molecule has 0 aliphatic heterocycles. The average molecular weight is 517 g/mol. The summed E-state index contributed by atoms with van der Waals surface area (Å²) in [6.45, 7) is 1.87. The minimum atomic E-state index is -3.27. The third-order valence-electron chi connectivity index (χ3n) is 4.19. The van der Waals surface area contributed by atoms with E-state index in [1.54, 1.807) is 18.5 Å². The van der Waals surface area contributed by atoms with Gasteiger partial charge in [0.05, 0.1) is 37.0 Å². The van der Waals surface area contributed by atoms with Gasteiger partial charge in [-0.3, -0.25) is 9.78 Å². The molecule has 0 unspecified atom stereocenters. The zero-order valence-electron chi connectivity index (χ0n) is 15.7. The van der Waals surface area contributed by atoms with Crippen molar-refractivity contribution >= 4 is 39.5 Å². The van der Waals surface area contributed by atoms with Crippen LogP contribution in [0.25, 0.3) is 11.0 Å². The highest BCUT2D eigenvalue weighted by atomic mass is 127. The Kier molecular flexibility index (Phi) is 6.57. The molecule has 3 aromatic heterocycles. The van der Waals surface area contributed by atoms with E-state index in [0.29, 0.717) is 23.5 Å². The standard InChI is InChI=1S/C18H18F2IN5O3/c1-11-13(24-10-25-17(11)28-2)9-26-8-12(15-14(26)4-3-5-22-15)16(27)23-6-7-29-18(19,20)21/h3-5,8,10H,6-7,9H2,1-2H3,(H,23,27). The number of pyridine rings is 1. The summed E-state index contributed by atoms with van der Waals surface area (Å²) in [6, 6.07) is 3.61. The number of hydrogen-bond acceptors (Lipinski definition) is 6. The molecule has 11 heteroatoms. The summed E-state index contributed by atoms with van der Waals surface area (Å²) in [5.41, 5.74) is 3.11. The highest BCUT2D eigenvalue weighted by molar-refractivity contribution is 14.1. The van der Waals surface area contributed by atoms with E-state index >= 15 is 0 Å². The molecule has 1 N–H and O–H groups in total. The molecule has 0 atom stereocenters. The number of nitrogens with zero attached hydrogens (tertiary/aromatic N) is 4. The van der Waals surface area contributed by atoms with Crippen LogP contribution in [0.5, 0.6) is 5.88 Å². The van der Waals surface area contributed by atoms with Crippen LogP contribution in [0, 0.1) is 6.92 Å². The van der Waals surface area contributed by atoms with Crippen LogP contribution in [0.1, 0.15) is 21.6 Å². The first-order valence-electron chi connectivity index (χ1n) is 8.57. The second kappa shape index (κ2) is 8.95. The van der Waals surface area contributed by atoms with Crippen molar-refractivity contribution in [1.29, 1.82) is 0 Å². The number of amides is 1. The molecule has 0 aliphatic rings. The van der Waals surface area contributed by atoms with Gasteiger partial charge in [0.1, 0.15) is 11.8 Å². The minimum absolute atomic E-state index is 0.0564. The van der Waals surface area contributed by atoms with E-state index in [1.807, 2.05) is 17.6 Å². The molecule has 3 rings (SSSR count). The van der Waals surface area contributed by atoms with E-state index in [1.165, 1.54) is 13.4 Å². The molecule has 0 saturated heterocycles. The van der Waals surface area contributed by atoms with Crippen molar-refractivity contribution in [2.24, 2.45) is 0 Å². The van der Waals surface area contributed by atoms with Gasteiger partial charge >= 0.3 is 4.12 Å². The number of fused-ring (bicyclic) bond motifs is 1. The summed E-state index contributed by atoms with van der Waals surface area (Å²) < 4.78 is 33.5. The second-order valence-electron chi connectivity index (χ2n) is 6.05. The Balaban J connectivity index is 1.83. The number of nitrogens with one attached hydrogen (secondary N) is 1. The van der Waals surface area contributed by atoms with Gasteiger partial charge in [-0.25, -0.2) is 9.97 Å². The highest BCUT2D eigenvalue weighted by Gasteiger charge is 2.24. The first-order valence-corrected chi connectivity index (χ1v) is 9.65. The van der Waals surface area contributed by atoms with Crippen LogP contribution in [0.3, 0.4) is 0 Å². The fraction of sp³-hybridized carbons (Fsp3) is 0.333. The molecule has 29 heavy (non-hydrogen) atoms. The van der Waals surface area contributed by atoms with Crippen LogP contribution in [0.2, 0.25) is 0 Å². The Bertz CT molecular complexity index is 1020. The molecule has 0 bridgehead atoms. The van der Waals surface area contributed by atoms with Gasteiger partial charge in [0.25, 0.3) is 5.91 Å². The maximum Gasteiger partial charge on any atom is 0.407 e. The molecule has 154 valence electrons.